The molecular weight excluding hydrogens is 322 g/mol. The maximum atomic E-state index is 12.7. The molecule has 0 aromatic heterocycles. The Kier molecular flexibility index (Phi) is 4.52. The summed E-state index contributed by atoms with van der Waals surface area (Å²) in [6, 6.07) is 8.59. The lowest BCUT2D eigenvalue weighted by Crippen LogP contribution is -2.03. The summed E-state index contributed by atoms with van der Waals surface area (Å²) in [5, 5.41) is 0. The molecule has 0 unspecified atom stereocenters. The summed E-state index contributed by atoms with van der Waals surface area (Å²) in [5.74, 6) is 2.12. The van der Waals surface area contributed by atoms with Gasteiger partial charge >= 0.3 is 0 Å². The van der Waals surface area contributed by atoms with Crippen LogP contribution in [0.25, 0.3) is 6.08 Å². The molecule has 6 nitrogen and oxygen atoms in total. The van der Waals surface area contributed by atoms with Crippen LogP contribution < -0.4 is 24.7 Å². The smallest absolute Gasteiger partial charge is 0.231 e. The maximum Gasteiger partial charge on any atom is 0.231 e. The molecule has 0 saturated carbocycles. The van der Waals surface area contributed by atoms with Crippen molar-refractivity contribution < 1.29 is 23.7 Å². The molecule has 130 valence electrons. The van der Waals surface area contributed by atoms with Gasteiger partial charge in [0.05, 0.1) is 19.9 Å². The minimum Gasteiger partial charge on any atom is -0.495 e. The topological polar surface area (TPSA) is 80.0 Å². The Morgan fingerprint density at radius 1 is 1.16 bits per heavy atom. The second-order valence-electron chi connectivity index (χ2n) is 5.54. The number of ketones is 1. The van der Waals surface area contributed by atoms with Gasteiger partial charge in [0.2, 0.25) is 12.5 Å². The summed E-state index contributed by atoms with van der Waals surface area (Å²) in [6.45, 7) is 1.90. The van der Waals surface area contributed by atoms with Gasteiger partial charge in [-0.1, -0.05) is 0 Å². The number of nitrogen functional groups attached to an aromatic ring is 1. The zero-order valence-electron chi connectivity index (χ0n) is 14.3. The van der Waals surface area contributed by atoms with E-state index >= 15 is 0 Å². The van der Waals surface area contributed by atoms with Gasteiger partial charge in [0.25, 0.3) is 0 Å². The quantitative estimate of drug-likeness (QED) is 0.511. The minimum absolute atomic E-state index is 0.130. The molecule has 6 heteroatoms. The highest BCUT2D eigenvalue weighted by molar-refractivity contribution is 6.11. The molecular formula is C19H19NO5. The van der Waals surface area contributed by atoms with Gasteiger partial charge in [-0.05, 0) is 48.9 Å². The summed E-state index contributed by atoms with van der Waals surface area (Å²) < 4.78 is 21.3. The molecule has 0 aliphatic carbocycles. The van der Waals surface area contributed by atoms with Crippen LogP contribution in [0.2, 0.25) is 0 Å². The van der Waals surface area contributed by atoms with Gasteiger partial charge in [-0.15, -0.1) is 0 Å². The Morgan fingerprint density at radius 3 is 2.64 bits per heavy atom. The van der Waals surface area contributed by atoms with E-state index in [9.17, 15) is 4.79 Å². The predicted molar refractivity (Wildman–Crippen MR) is 94.5 cm³/mol. The molecule has 0 radical (unpaired) electrons. The number of fused-ring (bicyclic) bond motifs is 1. The Balaban J connectivity index is 1.94. The summed E-state index contributed by atoms with van der Waals surface area (Å²) in [7, 11) is 3.08. The lowest BCUT2D eigenvalue weighted by atomic mass is 10.0. The molecule has 0 atom stereocenters. The van der Waals surface area contributed by atoms with Crippen molar-refractivity contribution >= 4 is 17.5 Å². The van der Waals surface area contributed by atoms with Gasteiger partial charge in [0.1, 0.15) is 5.75 Å². The van der Waals surface area contributed by atoms with Gasteiger partial charge in [-0.2, -0.15) is 0 Å². The fraction of sp³-hybridized carbons (Fsp3) is 0.211. The first kappa shape index (κ1) is 16.7. The first-order valence-electron chi connectivity index (χ1n) is 7.68. The van der Waals surface area contributed by atoms with Crippen molar-refractivity contribution in [2.75, 3.05) is 26.7 Å². The first-order chi connectivity index (χ1) is 12.0. The van der Waals surface area contributed by atoms with Gasteiger partial charge < -0.3 is 24.7 Å². The third-order valence-electron chi connectivity index (χ3n) is 3.95. The number of Topliss-reactive ketones (excluding diaryl/α,β-unsaturated/α-hetero) is 1. The number of hydrogen-bond donors (Lipinski definition) is 1. The number of carbonyl (C=O) groups excluding carboxylic acids is 1. The Morgan fingerprint density at radius 2 is 1.96 bits per heavy atom. The van der Waals surface area contributed by atoms with Crippen molar-refractivity contribution in [3.63, 3.8) is 0 Å². The predicted octanol–water partition coefficient (Wildman–Crippen LogP) is 3.30. The van der Waals surface area contributed by atoms with E-state index in [0.29, 0.717) is 39.8 Å². The molecule has 0 bridgehead atoms. The van der Waals surface area contributed by atoms with E-state index in [2.05, 4.69) is 0 Å². The van der Waals surface area contributed by atoms with Crippen LogP contribution in [0, 0.1) is 0 Å². The van der Waals surface area contributed by atoms with Crippen molar-refractivity contribution in [3.8, 4) is 23.0 Å². The number of hydrogen-bond acceptors (Lipinski definition) is 6. The van der Waals surface area contributed by atoms with Crippen LogP contribution in [0.3, 0.4) is 0 Å². The van der Waals surface area contributed by atoms with E-state index in [1.54, 1.807) is 44.4 Å². The number of benzene rings is 2. The highest BCUT2D eigenvalue weighted by Gasteiger charge is 2.21. The number of rotatable bonds is 5. The van der Waals surface area contributed by atoms with Gasteiger partial charge in [-0.3, -0.25) is 4.79 Å². The van der Waals surface area contributed by atoms with Crippen LogP contribution in [0.4, 0.5) is 5.69 Å². The average Bonchev–Trinajstić information content (AvgIpc) is 3.09. The van der Waals surface area contributed by atoms with Gasteiger partial charge in [0, 0.05) is 11.1 Å². The fourth-order valence-corrected chi connectivity index (χ4v) is 2.69. The van der Waals surface area contributed by atoms with Crippen molar-refractivity contribution in [3.05, 3.63) is 47.0 Å². The van der Waals surface area contributed by atoms with E-state index in [1.807, 2.05) is 6.07 Å². The molecule has 3 rings (SSSR count). The average molecular weight is 341 g/mol. The molecule has 0 saturated heterocycles. The third kappa shape index (κ3) is 3.10. The number of allylic oxidation sites excluding steroid dienone is 1. The molecule has 1 aliphatic rings. The van der Waals surface area contributed by atoms with E-state index < -0.39 is 0 Å². The number of nitrogens with two attached hydrogens (primary N) is 1. The zero-order valence-corrected chi connectivity index (χ0v) is 14.3. The molecule has 0 spiro atoms. The Bertz CT molecular complexity index is 857. The van der Waals surface area contributed by atoms with E-state index in [-0.39, 0.29) is 12.6 Å². The van der Waals surface area contributed by atoms with E-state index in [4.69, 9.17) is 24.7 Å². The second-order valence-corrected chi connectivity index (χ2v) is 5.54. The number of methoxy groups -OCH3 is 2. The molecule has 2 N–H and O–H groups in total. The van der Waals surface area contributed by atoms with Crippen molar-refractivity contribution in [1.82, 2.24) is 0 Å². The largest absolute Gasteiger partial charge is 0.495 e. The first-order valence-corrected chi connectivity index (χ1v) is 7.68. The number of carbonyl (C=O) groups is 1. The van der Waals surface area contributed by atoms with E-state index in [0.717, 1.165) is 5.56 Å². The Hall–Kier alpha value is -3.15. The zero-order chi connectivity index (χ0) is 18.0. The lowest BCUT2D eigenvalue weighted by molar-refractivity contribution is 0.103. The highest BCUT2D eigenvalue weighted by Crippen LogP contribution is 2.43. The maximum absolute atomic E-state index is 12.7. The summed E-state index contributed by atoms with van der Waals surface area (Å²) in [5.41, 5.74) is 8.07. The molecule has 0 fully saturated rings. The SMILES string of the molecule is COc1ccc(C(=O)/C(C)=C/c2ccc3c(c2OC)OCO3)cc1N. The Labute approximate surface area is 145 Å². The number of anilines is 1. The summed E-state index contributed by atoms with van der Waals surface area (Å²) in [6.07, 6.45) is 1.75. The van der Waals surface area contributed by atoms with Gasteiger partial charge in [-0.25, -0.2) is 0 Å². The fourth-order valence-electron chi connectivity index (χ4n) is 2.69. The van der Waals surface area contributed by atoms with Crippen LogP contribution in [0.15, 0.2) is 35.9 Å². The monoisotopic (exact) mass is 341 g/mol. The summed E-state index contributed by atoms with van der Waals surface area (Å²) in [4.78, 5) is 12.7. The number of ether oxygens (including phenoxy) is 4. The van der Waals surface area contributed by atoms with Crippen molar-refractivity contribution in [2.45, 2.75) is 6.92 Å². The molecule has 25 heavy (non-hydrogen) atoms. The van der Waals surface area contributed by atoms with Crippen LogP contribution >= 0.6 is 0 Å². The van der Waals surface area contributed by atoms with Crippen LogP contribution in [-0.4, -0.2) is 26.8 Å². The van der Waals surface area contributed by atoms with Gasteiger partial charge in [0.15, 0.2) is 17.3 Å². The van der Waals surface area contributed by atoms with Crippen molar-refractivity contribution in [2.24, 2.45) is 0 Å². The lowest BCUT2D eigenvalue weighted by Gasteiger charge is -2.10. The molecule has 0 amide bonds. The third-order valence-corrected chi connectivity index (χ3v) is 3.95. The van der Waals surface area contributed by atoms with Crippen molar-refractivity contribution in [1.29, 1.82) is 0 Å². The molecule has 1 heterocycles. The standard InChI is InChI=1S/C19H19NO5/c1-11(17(21)12-4-6-15(22-2)14(20)9-12)8-13-5-7-16-19(18(13)23-3)25-10-24-16/h4-9H,10,20H2,1-3H3/b11-8+. The highest BCUT2D eigenvalue weighted by atomic mass is 16.7. The summed E-state index contributed by atoms with van der Waals surface area (Å²) >= 11 is 0. The molecule has 2 aromatic rings. The molecule has 1 aliphatic heterocycles. The second kappa shape index (κ2) is 6.76. The molecule has 2 aromatic carbocycles. The van der Waals surface area contributed by atoms with Crippen LogP contribution in [0.1, 0.15) is 22.8 Å². The normalized spacial score (nSPS) is 12.8. The van der Waals surface area contributed by atoms with E-state index in [1.165, 1.54) is 7.11 Å². The minimum atomic E-state index is -0.130. The van der Waals surface area contributed by atoms with Crippen LogP contribution in [0.5, 0.6) is 23.0 Å². The van der Waals surface area contributed by atoms with Crippen LogP contribution in [-0.2, 0) is 0 Å².